The number of hydrogen-bond donors (Lipinski definition) is 0. The lowest BCUT2D eigenvalue weighted by atomic mass is 10.1. The molecule has 0 saturated carbocycles. The SMILES string of the molecule is CCOc1ccccc1N1CCN(C(=O)CCc2cnn(-c3ccccc3)c2)CC1. The van der Waals surface area contributed by atoms with Crippen molar-refractivity contribution in [2.45, 2.75) is 19.8 Å². The minimum atomic E-state index is 0.209. The minimum absolute atomic E-state index is 0.209. The van der Waals surface area contributed by atoms with Gasteiger partial charge in [-0.1, -0.05) is 30.3 Å². The number of carbonyl (C=O) groups excluding carboxylic acids is 1. The monoisotopic (exact) mass is 404 g/mol. The number of nitrogens with zero attached hydrogens (tertiary/aromatic N) is 4. The molecule has 30 heavy (non-hydrogen) atoms. The summed E-state index contributed by atoms with van der Waals surface area (Å²) in [6.07, 6.45) is 5.07. The van der Waals surface area contributed by atoms with Crippen molar-refractivity contribution in [1.82, 2.24) is 14.7 Å². The van der Waals surface area contributed by atoms with Gasteiger partial charge in [-0.3, -0.25) is 4.79 Å². The summed E-state index contributed by atoms with van der Waals surface area (Å²) in [5.74, 6) is 1.12. The summed E-state index contributed by atoms with van der Waals surface area (Å²) in [4.78, 5) is 17.0. The van der Waals surface area contributed by atoms with Gasteiger partial charge in [0, 0.05) is 38.8 Å². The number of amides is 1. The molecule has 3 aromatic rings. The van der Waals surface area contributed by atoms with Gasteiger partial charge in [-0.15, -0.1) is 0 Å². The number of piperazine rings is 1. The first-order chi connectivity index (χ1) is 14.7. The second-order valence-electron chi connectivity index (χ2n) is 7.40. The average Bonchev–Trinajstić information content (AvgIpc) is 3.28. The van der Waals surface area contributed by atoms with E-state index >= 15 is 0 Å². The van der Waals surface area contributed by atoms with E-state index in [1.54, 1.807) is 0 Å². The quantitative estimate of drug-likeness (QED) is 0.604. The zero-order valence-electron chi connectivity index (χ0n) is 17.4. The third kappa shape index (κ3) is 4.64. The van der Waals surface area contributed by atoms with Crippen LogP contribution in [0.4, 0.5) is 5.69 Å². The molecule has 6 heteroatoms. The predicted molar refractivity (Wildman–Crippen MR) is 118 cm³/mol. The van der Waals surface area contributed by atoms with Gasteiger partial charge in [-0.25, -0.2) is 4.68 Å². The largest absolute Gasteiger partial charge is 0.492 e. The van der Waals surface area contributed by atoms with Crippen LogP contribution in [0, 0.1) is 0 Å². The molecular weight excluding hydrogens is 376 g/mol. The molecule has 0 spiro atoms. The molecule has 1 aliphatic rings. The fraction of sp³-hybridized carbons (Fsp3) is 0.333. The number of benzene rings is 2. The van der Waals surface area contributed by atoms with Crippen LogP contribution in [0.1, 0.15) is 18.9 Å². The molecule has 4 rings (SSSR count). The van der Waals surface area contributed by atoms with E-state index in [9.17, 15) is 4.79 Å². The van der Waals surface area contributed by atoms with Gasteiger partial charge in [-0.05, 0) is 43.2 Å². The van der Waals surface area contributed by atoms with Gasteiger partial charge in [0.05, 0.1) is 24.2 Å². The van der Waals surface area contributed by atoms with Crippen molar-refractivity contribution in [1.29, 1.82) is 0 Å². The zero-order chi connectivity index (χ0) is 20.8. The third-order valence-electron chi connectivity index (χ3n) is 5.42. The summed E-state index contributed by atoms with van der Waals surface area (Å²) < 4.78 is 7.61. The van der Waals surface area contributed by atoms with Crippen molar-refractivity contribution in [3.63, 3.8) is 0 Å². The number of carbonyl (C=O) groups is 1. The van der Waals surface area contributed by atoms with Crippen LogP contribution in [0.5, 0.6) is 5.75 Å². The van der Waals surface area contributed by atoms with Gasteiger partial charge in [0.25, 0.3) is 0 Å². The second-order valence-corrected chi connectivity index (χ2v) is 7.40. The first-order valence-electron chi connectivity index (χ1n) is 10.6. The Morgan fingerprint density at radius 2 is 1.73 bits per heavy atom. The average molecular weight is 405 g/mol. The summed E-state index contributed by atoms with van der Waals surface area (Å²) in [5, 5.41) is 4.42. The maximum Gasteiger partial charge on any atom is 0.223 e. The van der Waals surface area contributed by atoms with Crippen LogP contribution in [0.15, 0.2) is 67.0 Å². The first-order valence-corrected chi connectivity index (χ1v) is 10.6. The fourth-order valence-corrected chi connectivity index (χ4v) is 3.81. The Balaban J connectivity index is 1.29. The summed E-state index contributed by atoms with van der Waals surface area (Å²) >= 11 is 0. The van der Waals surface area contributed by atoms with E-state index in [0.717, 1.165) is 48.9 Å². The van der Waals surface area contributed by atoms with Gasteiger partial charge in [0.2, 0.25) is 5.91 Å². The smallest absolute Gasteiger partial charge is 0.223 e. The Morgan fingerprint density at radius 3 is 2.50 bits per heavy atom. The van der Waals surface area contributed by atoms with Gasteiger partial charge < -0.3 is 14.5 Å². The summed E-state index contributed by atoms with van der Waals surface area (Å²) in [6, 6.07) is 18.1. The Kier molecular flexibility index (Phi) is 6.32. The van der Waals surface area contributed by atoms with Crippen LogP contribution in [0.2, 0.25) is 0 Å². The molecular formula is C24H28N4O2. The van der Waals surface area contributed by atoms with Gasteiger partial charge in [0.1, 0.15) is 5.75 Å². The number of para-hydroxylation sites is 3. The Bertz CT molecular complexity index is 962. The molecule has 0 bridgehead atoms. The molecule has 0 radical (unpaired) electrons. The second kappa shape index (κ2) is 9.48. The number of aromatic nitrogens is 2. The maximum absolute atomic E-state index is 12.7. The molecule has 0 N–H and O–H groups in total. The third-order valence-corrected chi connectivity index (χ3v) is 5.42. The highest BCUT2D eigenvalue weighted by atomic mass is 16.5. The predicted octanol–water partition coefficient (Wildman–Crippen LogP) is 3.55. The van der Waals surface area contributed by atoms with E-state index in [2.05, 4.69) is 16.1 Å². The van der Waals surface area contributed by atoms with Crippen LogP contribution in [-0.2, 0) is 11.2 Å². The molecule has 0 aliphatic carbocycles. The summed E-state index contributed by atoms with van der Waals surface area (Å²) in [7, 11) is 0. The Morgan fingerprint density at radius 1 is 1.00 bits per heavy atom. The van der Waals surface area contributed by atoms with Gasteiger partial charge in [0.15, 0.2) is 0 Å². The van der Waals surface area contributed by atoms with Crippen LogP contribution in [0.25, 0.3) is 5.69 Å². The molecule has 2 aromatic carbocycles. The van der Waals surface area contributed by atoms with Crippen molar-refractivity contribution < 1.29 is 9.53 Å². The number of anilines is 1. The number of rotatable bonds is 7. The Hall–Kier alpha value is -3.28. The van der Waals surface area contributed by atoms with Crippen LogP contribution in [0.3, 0.4) is 0 Å². The van der Waals surface area contributed by atoms with E-state index in [-0.39, 0.29) is 5.91 Å². The van der Waals surface area contributed by atoms with E-state index in [1.165, 1.54) is 0 Å². The zero-order valence-corrected chi connectivity index (χ0v) is 17.4. The minimum Gasteiger partial charge on any atom is -0.492 e. The number of hydrogen-bond acceptors (Lipinski definition) is 4. The van der Waals surface area contributed by atoms with Crippen molar-refractivity contribution in [2.24, 2.45) is 0 Å². The lowest BCUT2D eigenvalue weighted by Crippen LogP contribution is -2.49. The highest BCUT2D eigenvalue weighted by molar-refractivity contribution is 5.77. The molecule has 0 atom stereocenters. The van der Waals surface area contributed by atoms with E-state index < -0.39 is 0 Å². The van der Waals surface area contributed by atoms with Gasteiger partial charge in [-0.2, -0.15) is 5.10 Å². The number of aryl methyl sites for hydroxylation is 1. The van der Waals surface area contributed by atoms with Crippen molar-refractivity contribution in [3.8, 4) is 11.4 Å². The summed E-state index contributed by atoms with van der Waals surface area (Å²) in [5.41, 5.74) is 3.22. The molecule has 2 heterocycles. The molecule has 0 unspecified atom stereocenters. The molecule has 1 saturated heterocycles. The Labute approximate surface area is 177 Å². The van der Waals surface area contributed by atoms with E-state index in [0.29, 0.717) is 19.4 Å². The highest BCUT2D eigenvalue weighted by Crippen LogP contribution is 2.28. The first kappa shape index (κ1) is 20.0. The fourth-order valence-electron chi connectivity index (χ4n) is 3.81. The highest BCUT2D eigenvalue weighted by Gasteiger charge is 2.22. The topological polar surface area (TPSA) is 50.6 Å². The van der Waals surface area contributed by atoms with E-state index in [4.69, 9.17) is 4.74 Å². The normalized spacial score (nSPS) is 14.0. The maximum atomic E-state index is 12.7. The van der Waals surface area contributed by atoms with Crippen LogP contribution in [-0.4, -0.2) is 53.4 Å². The summed E-state index contributed by atoms with van der Waals surface area (Å²) in [6.45, 7) is 5.77. The molecule has 1 amide bonds. The molecule has 1 aromatic heterocycles. The number of ether oxygens (including phenoxy) is 1. The molecule has 1 aliphatic heterocycles. The van der Waals surface area contributed by atoms with Crippen LogP contribution >= 0.6 is 0 Å². The lowest BCUT2D eigenvalue weighted by Gasteiger charge is -2.36. The molecule has 156 valence electrons. The van der Waals surface area contributed by atoms with Crippen molar-refractivity contribution in [3.05, 3.63) is 72.6 Å². The van der Waals surface area contributed by atoms with Crippen LogP contribution < -0.4 is 9.64 Å². The van der Waals surface area contributed by atoms with Crippen molar-refractivity contribution >= 4 is 11.6 Å². The lowest BCUT2D eigenvalue weighted by molar-refractivity contribution is -0.131. The van der Waals surface area contributed by atoms with Gasteiger partial charge >= 0.3 is 0 Å². The molecule has 6 nitrogen and oxygen atoms in total. The molecule has 1 fully saturated rings. The van der Waals surface area contributed by atoms with Crippen molar-refractivity contribution in [2.75, 3.05) is 37.7 Å². The standard InChI is InChI=1S/C24H28N4O2/c1-2-30-23-11-7-6-10-22(23)26-14-16-27(17-15-26)24(29)13-12-20-18-25-28(19-20)21-8-4-3-5-9-21/h3-11,18-19H,2,12-17H2,1H3. The van der Waals surface area contributed by atoms with E-state index in [1.807, 2.05) is 77.4 Å².